The number of methoxy groups -OCH3 is 1. The van der Waals surface area contributed by atoms with E-state index < -0.39 is 0 Å². The van der Waals surface area contributed by atoms with Crippen molar-refractivity contribution < 1.29 is 9.53 Å². The third kappa shape index (κ3) is 5.68. The fourth-order valence-electron chi connectivity index (χ4n) is 5.63. The number of hydrogen-bond donors (Lipinski definition) is 1. The second-order valence-electron chi connectivity index (χ2n) is 10.8. The average Bonchev–Trinajstić information content (AvgIpc) is 3.38. The molecule has 2 aromatic carbocycles. The fraction of sp³-hybridized carbons (Fsp3) is 0.242. The lowest BCUT2D eigenvalue weighted by atomic mass is 9.96. The first-order valence-electron chi connectivity index (χ1n) is 14.1. The van der Waals surface area contributed by atoms with Crippen LogP contribution < -0.4 is 15.6 Å². The van der Waals surface area contributed by atoms with Crippen molar-refractivity contribution in [1.82, 2.24) is 24.3 Å². The second kappa shape index (κ2) is 11.9. The molecule has 0 aliphatic carbocycles. The molecule has 0 saturated carbocycles. The van der Waals surface area contributed by atoms with Crippen LogP contribution in [0.1, 0.15) is 37.9 Å². The number of nitrogens with one attached hydrogen (secondary N) is 1. The Morgan fingerprint density at radius 1 is 0.953 bits per heavy atom. The minimum atomic E-state index is -0.374. The van der Waals surface area contributed by atoms with E-state index in [4.69, 9.17) is 21.3 Å². The molecule has 1 N–H and O–H groups in total. The third-order valence-electron chi connectivity index (χ3n) is 7.99. The van der Waals surface area contributed by atoms with Crippen LogP contribution in [0.25, 0.3) is 33.6 Å². The van der Waals surface area contributed by atoms with Crippen LogP contribution in [-0.4, -0.2) is 37.3 Å². The first-order valence-corrected chi connectivity index (χ1v) is 14.5. The fourth-order valence-corrected chi connectivity index (χ4v) is 5.80. The molecular weight excluding hydrogens is 564 g/mol. The van der Waals surface area contributed by atoms with E-state index in [1.54, 1.807) is 41.1 Å². The van der Waals surface area contributed by atoms with E-state index in [-0.39, 0.29) is 23.4 Å². The van der Waals surface area contributed by atoms with Crippen LogP contribution in [0, 0.1) is 5.92 Å². The van der Waals surface area contributed by atoms with Crippen LogP contribution in [-0.2, 0) is 11.8 Å². The molecule has 5 aromatic rings. The van der Waals surface area contributed by atoms with Crippen molar-refractivity contribution in [2.45, 2.75) is 32.2 Å². The Labute approximate surface area is 254 Å². The molecule has 0 fully saturated rings. The first kappa shape index (κ1) is 28.4. The molecule has 4 heterocycles. The number of rotatable bonds is 4. The Morgan fingerprint density at radius 2 is 1.77 bits per heavy atom. The number of benzene rings is 2. The molecule has 0 radical (unpaired) electrons. The van der Waals surface area contributed by atoms with E-state index in [2.05, 4.69) is 15.4 Å². The maximum Gasteiger partial charge on any atom is 0.254 e. The van der Waals surface area contributed by atoms with Crippen molar-refractivity contribution in [3.05, 3.63) is 100 Å². The Kier molecular flexibility index (Phi) is 7.82. The summed E-state index contributed by atoms with van der Waals surface area (Å²) in [7, 11) is 3.46. The van der Waals surface area contributed by atoms with Gasteiger partial charge in [0.15, 0.2) is 0 Å². The van der Waals surface area contributed by atoms with Crippen LogP contribution >= 0.6 is 11.6 Å². The summed E-state index contributed by atoms with van der Waals surface area (Å²) in [6.45, 7) is 1.91. The molecule has 2 atom stereocenters. The van der Waals surface area contributed by atoms with E-state index in [0.717, 1.165) is 45.8 Å². The Balaban J connectivity index is 1.42. The summed E-state index contributed by atoms with van der Waals surface area (Å²) in [5.74, 6) is 0.484. The molecule has 10 heteroatoms. The number of halogens is 1. The molecular formula is C33H31ClN6O3. The lowest BCUT2D eigenvalue weighted by Crippen LogP contribution is -2.27. The number of pyridine rings is 1. The van der Waals surface area contributed by atoms with Crippen molar-refractivity contribution in [3.63, 3.8) is 0 Å². The molecule has 0 saturated heterocycles. The van der Waals surface area contributed by atoms with Crippen molar-refractivity contribution in [3.8, 4) is 39.4 Å². The van der Waals surface area contributed by atoms with Gasteiger partial charge in [-0.15, -0.1) is 0 Å². The number of amides is 1. The van der Waals surface area contributed by atoms with Gasteiger partial charge < -0.3 is 10.1 Å². The van der Waals surface area contributed by atoms with Gasteiger partial charge in [0.1, 0.15) is 5.75 Å². The van der Waals surface area contributed by atoms with E-state index in [9.17, 15) is 9.59 Å². The highest BCUT2D eigenvalue weighted by atomic mass is 35.5. The highest BCUT2D eigenvalue weighted by Crippen LogP contribution is 2.35. The normalized spacial score (nSPS) is 16.9. The van der Waals surface area contributed by atoms with E-state index in [0.29, 0.717) is 29.2 Å². The van der Waals surface area contributed by atoms with Crippen LogP contribution in [0.4, 0.5) is 5.69 Å². The van der Waals surface area contributed by atoms with Gasteiger partial charge in [-0.05, 0) is 60.4 Å². The summed E-state index contributed by atoms with van der Waals surface area (Å²) in [5.41, 5.74) is 5.92. The van der Waals surface area contributed by atoms with Crippen LogP contribution in [0.15, 0.2) is 84.2 Å². The standard InChI is InChI=1S/C33H31ClN6O3/c1-20-5-4-6-30(28-15-22(13-14-35-28)32-29(38-33(20)42)18-37-39(32)2)40-19-36-27(17-31(40)41)26-16-23(34)9-12-25(26)21-7-10-24(43-3)11-8-21/h7-20,30H,4-6H2,1-3H3,(H,38,42). The number of nitrogens with zero attached hydrogens (tertiary/aromatic N) is 5. The topological polar surface area (TPSA) is 104 Å². The van der Waals surface area contributed by atoms with Gasteiger partial charge in [0.25, 0.3) is 5.56 Å². The quantitative estimate of drug-likeness (QED) is 0.259. The molecule has 1 aliphatic heterocycles. The maximum absolute atomic E-state index is 13.8. The monoisotopic (exact) mass is 594 g/mol. The first-order chi connectivity index (χ1) is 20.8. The van der Waals surface area contributed by atoms with Gasteiger partial charge in [0.2, 0.25) is 5.91 Å². The van der Waals surface area contributed by atoms with Gasteiger partial charge in [-0.25, -0.2) is 4.98 Å². The summed E-state index contributed by atoms with van der Waals surface area (Å²) in [5, 5.41) is 7.96. The highest BCUT2D eigenvalue weighted by Gasteiger charge is 2.24. The van der Waals surface area contributed by atoms with Gasteiger partial charge in [-0.1, -0.05) is 43.1 Å². The second-order valence-corrected chi connectivity index (χ2v) is 11.2. The molecule has 6 rings (SSSR count). The van der Waals surface area contributed by atoms with Gasteiger partial charge in [-0.3, -0.25) is 23.8 Å². The smallest absolute Gasteiger partial charge is 0.254 e. The van der Waals surface area contributed by atoms with Gasteiger partial charge in [-0.2, -0.15) is 5.10 Å². The zero-order valence-corrected chi connectivity index (χ0v) is 24.9. The van der Waals surface area contributed by atoms with Crippen molar-refractivity contribution in [1.29, 1.82) is 0 Å². The van der Waals surface area contributed by atoms with Crippen LogP contribution in [0.3, 0.4) is 0 Å². The van der Waals surface area contributed by atoms with Crippen molar-refractivity contribution in [2.24, 2.45) is 13.0 Å². The Morgan fingerprint density at radius 3 is 2.53 bits per heavy atom. The van der Waals surface area contributed by atoms with E-state index in [1.807, 2.05) is 68.6 Å². The zero-order chi connectivity index (χ0) is 30.1. The summed E-state index contributed by atoms with van der Waals surface area (Å²) in [4.78, 5) is 36.2. The predicted molar refractivity (Wildman–Crippen MR) is 167 cm³/mol. The largest absolute Gasteiger partial charge is 0.497 e. The predicted octanol–water partition coefficient (Wildman–Crippen LogP) is 6.38. The number of anilines is 1. The lowest BCUT2D eigenvalue weighted by molar-refractivity contribution is -0.119. The number of fused-ring (bicyclic) bond motifs is 4. The van der Waals surface area contributed by atoms with Gasteiger partial charge >= 0.3 is 0 Å². The number of carbonyl (C=O) groups excluding carboxylic acids is 1. The van der Waals surface area contributed by atoms with Crippen molar-refractivity contribution >= 4 is 23.2 Å². The number of carbonyl (C=O) groups is 1. The SMILES string of the molecule is COc1ccc(-c2ccc(Cl)cc2-c2cc(=O)n(C3CCCC(C)C(=O)Nc4cnn(C)c4-c4ccnc3c4)cn2)cc1. The summed E-state index contributed by atoms with van der Waals surface area (Å²) < 4.78 is 8.67. The summed E-state index contributed by atoms with van der Waals surface area (Å²) >= 11 is 6.41. The molecule has 9 nitrogen and oxygen atoms in total. The van der Waals surface area contributed by atoms with Crippen molar-refractivity contribution in [2.75, 3.05) is 12.4 Å². The van der Waals surface area contributed by atoms with Gasteiger partial charge in [0, 0.05) is 41.4 Å². The molecule has 218 valence electrons. The minimum Gasteiger partial charge on any atom is -0.497 e. The third-order valence-corrected chi connectivity index (χ3v) is 8.22. The minimum absolute atomic E-state index is 0.0574. The number of hydrogen-bond acceptors (Lipinski definition) is 6. The number of ether oxygens (including phenoxy) is 1. The van der Waals surface area contributed by atoms with Crippen LogP contribution in [0.5, 0.6) is 5.75 Å². The molecule has 1 aliphatic rings. The molecule has 0 spiro atoms. The maximum atomic E-state index is 13.8. The number of aryl methyl sites for hydroxylation is 1. The zero-order valence-electron chi connectivity index (χ0n) is 24.1. The molecule has 3 aromatic heterocycles. The molecule has 43 heavy (non-hydrogen) atoms. The molecule has 2 bridgehead atoms. The average molecular weight is 595 g/mol. The molecule has 1 amide bonds. The molecule has 2 unspecified atom stereocenters. The van der Waals surface area contributed by atoms with Crippen LogP contribution in [0.2, 0.25) is 5.02 Å². The number of aromatic nitrogens is 5. The Hall–Kier alpha value is -4.76. The Bertz CT molecular complexity index is 1860. The van der Waals surface area contributed by atoms with E-state index >= 15 is 0 Å². The summed E-state index contributed by atoms with van der Waals surface area (Å²) in [6.07, 6.45) is 6.96. The summed E-state index contributed by atoms with van der Waals surface area (Å²) in [6, 6.07) is 18.3. The lowest BCUT2D eigenvalue weighted by Gasteiger charge is -2.22. The van der Waals surface area contributed by atoms with Gasteiger partial charge in [0.05, 0.1) is 48.4 Å². The highest BCUT2D eigenvalue weighted by molar-refractivity contribution is 6.31. The van der Waals surface area contributed by atoms with E-state index in [1.165, 1.54) is 0 Å².